The summed E-state index contributed by atoms with van der Waals surface area (Å²) in [7, 11) is 0. The van der Waals surface area contributed by atoms with Crippen LogP contribution in [-0.2, 0) is 0 Å². The van der Waals surface area contributed by atoms with Crippen molar-refractivity contribution >= 4 is 23.0 Å². The molecule has 1 aromatic carbocycles. The molecule has 76 valence electrons. The summed E-state index contributed by atoms with van der Waals surface area (Å²) in [4.78, 5) is 0. The quantitative estimate of drug-likeness (QED) is 0.743. The number of anilines is 2. The van der Waals surface area contributed by atoms with E-state index in [4.69, 9.17) is 11.6 Å². The molecule has 0 aliphatic carbocycles. The van der Waals surface area contributed by atoms with Crippen molar-refractivity contribution in [3.8, 4) is 0 Å². The van der Waals surface area contributed by atoms with Gasteiger partial charge in [-0.2, -0.15) is 0 Å². The Morgan fingerprint density at radius 2 is 2.29 bits per heavy atom. The summed E-state index contributed by atoms with van der Waals surface area (Å²) in [5.74, 6) is 0. The van der Waals surface area contributed by atoms with Gasteiger partial charge >= 0.3 is 0 Å². The highest BCUT2D eigenvalue weighted by Crippen LogP contribution is 2.36. The molecule has 3 heteroatoms. The molecule has 1 heterocycles. The summed E-state index contributed by atoms with van der Waals surface area (Å²) < 4.78 is 0. The van der Waals surface area contributed by atoms with Crippen LogP contribution in [0, 0.1) is 0 Å². The first-order chi connectivity index (χ1) is 6.64. The molecule has 0 spiro atoms. The molecule has 0 fully saturated rings. The van der Waals surface area contributed by atoms with Crippen LogP contribution in [0.2, 0.25) is 5.02 Å². The first kappa shape index (κ1) is 9.66. The van der Waals surface area contributed by atoms with Gasteiger partial charge in [0.2, 0.25) is 0 Å². The van der Waals surface area contributed by atoms with Crippen LogP contribution in [0.15, 0.2) is 18.2 Å². The summed E-state index contributed by atoms with van der Waals surface area (Å²) >= 11 is 6.08. The van der Waals surface area contributed by atoms with Gasteiger partial charge < -0.3 is 10.6 Å². The second kappa shape index (κ2) is 3.35. The Morgan fingerprint density at radius 3 is 3.00 bits per heavy atom. The van der Waals surface area contributed by atoms with E-state index in [1.165, 1.54) is 0 Å². The van der Waals surface area contributed by atoms with Crippen molar-refractivity contribution in [2.45, 2.75) is 25.8 Å². The molecule has 2 nitrogen and oxygen atoms in total. The predicted octanol–water partition coefficient (Wildman–Crippen LogP) is 3.35. The van der Waals surface area contributed by atoms with Gasteiger partial charge in [0.1, 0.15) is 0 Å². The average Bonchev–Trinajstić information content (AvgIpc) is 2.18. The van der Waals surface area contributed by atoms with Crippen molar-refractivity contribution in [1.29, 1.82) is 0 Å². The Bertz CT molecular complexity index is 351. The van der Waals surface area contributed by atoms with Crippen LogP contribution in [0.4, 0.5) is 11.4 Å². The lowest BCUT2D eigenvalue weighted by atomic mass is 9.95. The van der Waals surface area contributed by atoms with E-state index >= 15 is 0 Å². The van der Waals surface area contributed by atoms with Gasteiger partial charge in [0.15, 0.2) is 0 Å². The fourth-order valence-corrected chi connectivity index (χ4v) is 1.92. The summed E-state index contributed by atoms with van der Waals surface area (Å²) in [5.41, 5.74) is 2.27. The number of halogens is 1. The van der Waals surface area contributed by atoms with Crippen molar-refractivity contribution < 1.29 is 0 Å². The van der Waals surface area contributed by atoms with Gasteiger partial charge in [0, 0.05) is 6.54 Å². The van der Waals surface area contributed by atoms with Crippen LogP contribution in [0.3, 0.4) is 0 Å². The van der Waals surface area contributed by atoms with Crippen molar-refractivity contribution in [2.75, 3.05) is 17.2 Å². The molecule has 0 amide bonds. The second-order valence-corrected chi connectivity index (χ2v) is 4.46. The van der Waals surface area contributed by atoms with E-state index in [9.17, 15) is 0 Å². The van der Waals surface area contributed by atoms with Crippen molar-refractivity contribution in [2.24, 2.45) is 0 Å². The largest absolute Gasteiger partial charge is 0.380 e. The Balaban J connectivity index is 2.36. The molecule has 1 atom stereocenters. The number of fused-ring (bicyclic) bond motifs is 1. The van der Waals surface area contributed by atoms with Gasteiger partial charge in [-0.3, -0.25) is 0 Å². The molecule has 2 N–H and O–H groups in total. The summed E-state index contributed by atoms with van der Waals surface area (Å²) in [6.45, 7) is 5.31. The van der Waals surface area contributed by atoms with Crippen LogP contribution in [-0.4, -0.2) is 12.1 Å². The zero-order chi connectivity index (χ0) is 10.2. The first-order valence-electron chi connectivity index (χ1n) is 4.95. The molecule has 0 bridgehead atoms. The lowest BCUT2D eigenvalue weighted by molar-refractivity contribution is 0.514. The lowest BCUT2D eigenvalue weighted by Gasteiger charge is -2.37. The maximum Gasteiger partial charge on any atom is 0.0766 e. The molecule has 0 radical (unpaired) electrons. The smallest absolute Gasteiger partial charge is 0.0766 e. The zero-order valence-electron chi connectivity index (χ0n) is 8.52. The molecular weight excluding hydrogens is 196 g/mol. The van der Waals surface area contributed by atoms with Gasteiger partial charge in [-0.15, -0.1) is 0 Å². The molecule has 2 rings (SSSR count). The molecule has 14 heavy (non-hydrogen) atoms. The SMILES string of the molecule is CCC1(C)CNc2c(Cl)cccc2N1. The van der Waals surface area contributed by atoms with Gasteiger partial charge in [0.25, 0.3) is 0 Å². The molecule has 0 aromatic heterocycles. The molecule has 1 aromatic rings. The molecule has 0 saturated carbocycles. The van der Waals surface area contributed by atoms with Crippen molar-refractivity contribution in [1.82, 2.24) is 0 Å². The molecule has 0 saturated heterocycles. The fourth-order valence-electron chi connectivity index (χ4n) is 1.67. The van der Waals surface area contributed by atoms with Gasteiger partial charge in [-0.05, 0) is 25.5 Å². The van der Waals surface area contributed by atoms with Crippen LogP contribution in [0.1, 0.15) is 20.3 Å². The zero-order valence-corrected chi connectivity index (χ0v) is 9.28. The molecule has 1 aliphatic heterocycles. The highest BCUT2D eigenvalue weighted by atomic mass is 35.5. The minimum atomic E-state index is 0.137. The Hall–Kier alpha value is -0.890. The average molecular weight is 211 g/mol. The third-order valence-corrected chi connectivity index (χ3v) is 3.20. The molecule has 1 unspecified atom stereocenters. The van der Waals surface area contributed by atoms with Crippen molar-refractivity contribution in [3.63, 3.8) is 0 Å². The highest BCUT2D eigenvalue weighted by Gasteiger charge is 2.27. The topological polar surface area (TPSA) is 24.1 Å². The summed E-state index contributed by atoms with van der Waals surface area (Å²) in [6, 6.07) is 5.93. The number of hydrogen-bond acceptors (Lipinski definition) is 2. The number of hydrogen-bond donors (Lipinski definition) is 2. The number of nitrogens with one attached hydrogen (secondary N) is 2. The predicted molar refractivity (Wildman–Crippen MR) is 62.3 cm³/mol. The van der Waals surface area contributed by atoms with E-state index < -0.39 is 0 Å². The van der Waals surface area contributed by atoms with Gasteiger partial charge in [-0.1, -0.05) is 24.6 Å². The van der Waals surface area contributed by atoms with Crippen LogP contribution < -0.4 is 10.6 Å². The van der Waals surface area contributed by atoms with E-state index in [-0.39, 0.29) is 5.54 Å². The minimum Gasteiger partial charge on any atom is -0.380 e. The van der Waals surface area contributed by atoms with E-state index in [1.807, 2.05) is 12.1 Å². The Morgan fingerprint density at radius 1 is 1.50 bits per heavy atom. The monoisotopic (exact) mass is 210 g/mol. The Labute approximate surface area is 89.7 Å². The maximum absolute atomic E-state index is 6.08. The van der Waals surface area contributed by atoms with E-state index in [2.05, 4.69) is 30.5 Å². The number of rotatable bonds is 1. The second-order valence-electron chi connectivity index (χ2n) is 4.06. The van der Waals surface area contributed by atoms with E-state index in [0.29, 0.717) is 0 Å². The minimum absolute atomic E-state index is 0.137. The summed E-state index contributed by atoms with van der Waals surface area (Å²) in [5, 5.41) is 7.68. The van der Waals surface area contributed by atoms with Gasteiger partial charge in [-0.25, -0.2) is 0 Å². The number of para-hydroxylation sites is 1. The number of benzene rings is 1. The molecule has 1 aliphatic rings. The third-order valence-electron chi connectivity index (χ3n) is 2.89. The third kappa shape index (κ3) is 1.55. The lowest BCUT2D eigenvalue weighted by Crippen LogP contribution is -2.44. The first-order valence-corrected chi connectivity index (χ1v) is 5.33. The van der Waals surface area contributed by atoms with Crippen molar-refractivity contribution in [3.05, 3.63) is 23.2 Å². The van der Waals surface area contributed by atoms with E-state index in [0.717, 1.165) is 29.4 Å². The molecular formula is C11H15ClN2. The summed E-state index contributed by atoms with van der Waals surface area (Å²) in [6.07, 6.45) is 1.09. The fraction of sp³-hybridized carbons (Fsp3) is 0.455. The van der Waals surface area contributed by atoms with Crippen LogP contribution >= 0.6 is 11.6 Å². The maximum atomic E-state index is 6.08. The van der Waals surface area contributed by atoms with Crippen LogP contribution in [0.25, 0.3) is 0 Å². The Kier molecular flexibility index (Phi) is 2.31. The highest BCUT2D eigenvalue weighted by molar-refractivity contribution is 6.34. The van der Waals surface area contributed by atoms with E-state index in [1.54, 1.807) is 0 Å². The normalized spacial score (nSPS) is 24.8. The van der Waals surface area contributed by atoms with Gasteiger partial charge in [0.05, 0.1) is 21.9 Å². The van der Waals surface area contributed by atoms with Crippen LogP contribution in [0.5, 0.6) is 0 Å². The standard InChI is InChI=1S/C11H15ClN2/c1-3-11(2)7-13-10-8(12)5-4-6-9(10)14-11/h4-6,13-14H,3,7H2,1-2H3.